The van der Waals surface area contributed by atoms with Crippen molar-refractivity contribution in [1.29, 1.82) is 0 Å². The fraction of sp³-hybridized carbons (Fsp3) is 0.118. The quantitative estimate of drug-likeness (QED) is 0.448. The maximum atomic E-state index is 9.04. The molecule has 0 bridgehead atoms. The third-order valence-corrected chi connectivity index (χ3v) is 3.62. The number of hydrogen-bond donors (Lipinski definition) is 2. The van der Waals surface area contributed by atoms with Crippen LogP contribution in [-0.4, -0.2) is 33.2 Å². The summed E-state index contributed by atoms with van der Waals surface area (Å²) < 4.78 is 0. The van der Waals surface area contributed by atoms with Crippen molar-refractivity contribution >= 4 is 38.7 Å². The van der Waals surface area contributed by atoms with Crippen LogP contribution in [0.5, 0.6) is 0 Å². The van der Waals surface area contributed by atoms with Gasteiger partial charge in [-0.3, -0.25) is 4.98 Å². The van der Waals surface area contributed by atoms with Crippen molar-refractivity contribution < 1.29 is 5.11 Å². The van der Waals surface area contributed by atoms with Gasteiger partial charge in [0, 0.05) is 18.1 Å². The molecule has 0 aliphatic carbocycles. The summed E-state index contributed by atoms with van der Waals surface area (Å²) in [5, 5.41) is 13.2. The van der Waals surface area contributed by atoms with Gasteiger partial charge < -0.3 is 10.4 Å². The van der Waals surface area contributed by atoms with E-state index in [0.29, 0.717) is 6.54 Å². The molecule has 0 fully saturated rings. The lowest BCUT2D eigenvalue weighted by Gasteiger charge is -2.10. The number of anilines is 1. The van der Waals surface area contributed by atoms with Crippen molar-refractivity contribution in [2.24, 2.45) is 0 Å². The number of aliphatic hydroxyl groups is 1. The number of nitrogens with one attached hydrogen (secondary N) is 1. The standard InChI is InChI=1S/C17H14N4O/c22-9-8-18-14-10-15-17(11-4-3-7-19-16(11)14)21-13-6-2-1-5-12(13)20-15/h1-7,10,18,22H,8-9H2. The largest absolute Gasteiger partial charge is 0.395 e. The minimum Gasteiger partial charge on any atom is -0.395 e. The smallest absolute Gasteiger partial charge is 0.0990 e. The summed E-state index contributed by atoms with van der Waals surface area (Å²) in [5.41, 5.74) is 5.10. The van der Waals surface area contributed by atoms with Crippen LogP contribution in [0.25, 0.3) is 33.0 Å². The molecule has 2 heterocycles. The van der Waals surface area contributed by atoms with E-state index in [2.05, 4.69) is 10.3 Å². The van der Waals surface area contributed by atoms with Crippen LogP contribution in [0.3, 0.4) is 0 Å². The Morgan fingerprint density at radius 2 is 1.73 bits per heavy atom. The van der Waals surface area contributed by atoms with Gasteiger partial charge in [0.1, 0.15) is 0 Å². The topological polar surface area (TPSA) is 70.9 Å². The van der Waals surface area contributed by atoms with Crippen LogP contribution in [0.4, 0.5) is 5.69 Å². The number of benzene rings is 2. The van der Waals surface area contributed by atoms with Gasteiger partial charge in [-0.05, 0) is 30.3 Å². The molecule has 2 aromatic heterocycles. The van der Waals surface area contributed by atoms with Gasteiger partial charge in [0.15, 0.2) is 0 Å². The molecular weight excluding hydrogens is 276 g/mol. The van der Waals surface area contributed by atoms with Crippen molar-refractivity contribution in [2.45, 2.75) is 0 Å². The lowest BCUT2D eigenvalue weighted by molar-refractivity contribution is 0.311. The first-order valence-electron chi connectivity index (χ1n) is 7.16. The Bertz CT molecular complexity index is 984. The molecule has 5 heteroatoms. The van der Waals surface area contributed by atoms with E-state index in [0.717, 1.165) is 38.7 Å². The highest BCUT2D eigenvalue weighted by atomic mass is 16.3. The molecule has 22 heavy (non-hydrogen) atoms. The maximum absolute atomic E-state index is 9.04. The average Bonchev–Trinajstić information content (AvgIpc) is 2.58. The molecule has 0 aliphatic heterocycles. The second-order valence-electron chi connectivity index (χ2n) is 5.05. The predicted octanol–water partition coefficient (Wildman–Crippen LogP) is 2.74. The van der Waals surface area contributed by atoms with Crippen LogP contribution >= 0.6 is 0 Å². The number of hydrogen-bond acceptors (Lipinski definition) is 5. The molecule has 2 N–H and O–H groups in total. The number of pyridine rings is 1. The molecule has 0 radical (unpaired) electrons. The van der Waals surface area contributed by atoms with E-state index in [1.807, 2.05) is 42.5 Å². The average molecular weight is 290 g/mol. The molecule has 0 saturated heterocycles. The fourth-order valence-corrected chi connectivity index (χ4v) is 2.65. The molecule has 0 saturated carbocycles. The van der Waals surface area contributed by atoms with Gasteiger partial charge in [0.25, 0.3) is 0 Å². The second-order valence-corrected chi connectivity index (χ2v) is 5.05. The minimum absolute atomic E-state index is 0.0652. The third kappa shape index (κ3) is 2.03. The van der Waals surface area contributed by atoms with E-state index in [1.165, 1.54) is 0 Å². The highest BCUT2D eigenvalue weighted by Gasteiger charge is 2.10. The van der Waals surface area contributed by atoms with Gasteiger partial charge in [-0.25, -0.2) is 9.97 Å². The Hall–Kier alpha value is -2.79. The zero-order chi connectivity index (χ0) is 14.9. The van der Waals surface area contributed by atoms with Crippen LogP contribution < -0.4 is 5.32 Å². The van der Waals surface area contributed by atoms with E-state index in [4.69, 9.17) is 15.1 Å². The van der Waals surface area contributed by atoms with Gasteiger partial charge in [0.2, 0.25) is 0 Å². The molecule has 4 aromatic rings. The zero-order valence-corrected chi connectivity index (χ0v) is 11.8. The molecule has 4 rings (SSSR count). The fourth-order valence-electron chi connectivity index (χ4n) is 2.65. The van der Waals surface area contributed by atoms with Crippen molar-refractivity contribution in [3.63, 3.8) is 0 Å². The van der Waals surface area contributed by atoms with Crippen LogP contribution in [0.2, 0.25) is 0 Å². The molecule has 0 atom stereocenters. The van der Waals surface area contributed by atoms with Crippen LogP contribution in [0.15, 0.2) is 48.7 Å². The van der Waals surface area contributed by atoms with E-state index >= 15 is 0 Å². The van der Waals surface area contributed by atoms with Crippen molar-refractivity contribution in [2.75, 3.05) is 18.5 Å². The monoisotopic (exact) mass is 290 g/mol. The van der Waals surface area contributed by atoms with E-state index in [-0.39, 0.29) is 6.61 Å². The molecule has 0 unspecified atom stereocenters. The van der Waals surface area contributed by atoms with Crippen molar-refractivity contribution in [3.05, 3.63) is 48.7 Å². The van der Waals surface area contributed by atoms with Crippen molar-refractivity contribution in [3.8, 4) is 0 Å². The van der Waals surface area contributed by atoms with Gasteiger partial charge >= 0.3 is 0 Å². The van der Waals surface area contributed by atoms with E-state index < -0.39 is 0 Å². The summed E-state index contributed by atoms with van der Waals surface area (Å²) in [6.07, 6.45) is 1.76. The number of aliphatic hydroxyl groups excluding tert-OH is 1. The van der Waals surface area contributed by atoms with Gasteiger partial charge in [0.05, 0.1) is 39.9 Å². The number of para-hydroxylation sites is 2. The summed E-state index contributed by atoms with van der Waals surface area (Å²) >= 11 is 0. The summed E-state index contributed by atoms with van der Waals surface area (Å²) in [6, 6.07) is 13.7. The third-order valence-electron chi connectivity index (χ3n) is 3.62. The number of rotatable bonds is 3. The Morgan fingerprint density at radius 1 is 0.909 bits per heavy atom. The molecule has 108 valence electrons. The normalized spacial score (nSPS) is 11.3. The van der Waals surface area contributed by atoms with Crippen LogP contribution in [0.1, 0.15) is 0 Å². The highest BCUT2D eigenvalue weighted by molar-refractivity contribution is 6.09. The summed E-state index contributed by atoms with van der Waals surface area (Å²) in [4.78, 5) is 13.9. The van der Waals surface area contributed by atoms with Gasteiger partial charge in [-0.15, -0.1) is 0 Å². The second kappa shape index (κ2) is 5.20. The van der Waals surface area contributed by atoms with Crippen LogP contribution in [0, 0.1) is 0 Å². The Kier molecular flexibility index (Phi) is 3.05. The first-order chi connectivity index (χ1) is 10.9. The summed E-state index contributed by atoms with van der Waals surface area (Å²) in [7, 11) is 0. The van der Waals surface area contributed by atoms with Crippen molar-refractivity contribution in [1.82, 2.24) is 15.0 Å². The minimum atomic E-state index is 0.0652. The van der Waals surface area contributed by atoms with Gasteiger partial charge in [-0.1, -0.05) is 12.1 Å². The molecular formula is C17H14N4O. The number of aromatic nitrogens is 3. The first-order valence-corrected chi connectivity index (χ1v) is 7.16. The number of nitrogens with zero attached hydrogens (tertiary/aromatic N) is 3. The summed E-state index contributed by atoms with van der Waals surface area (Å²) in [6.45, 7) is 0.536. The lowest BCUT2D eigenvalue weighted by atomic mass is 10.1. The molecule has 5 nitrogen and oxygen atoms in total. The first kappa shape index (κ1) is 12.9. The summed E-state index contributed by atoms with van der Waals surface area (Å²) in [5.74, 6) is 0. The maximum Gasteiger partial charge on any atom is 0.0990 e. The Balaban J connectivity index is 2.09. The Morgan fingerprint density at radius 3 is 2.55 bits per heavy atom. The molecule has 2 aromatic carbocycles. The molecule has 0 aliphatic rings. The van der Waals surface area contributed by atoms with Gasteiger partial charge in [-0.2, -0.15) is 0 Å². The van der Waals surface area contributed by atoms with E-state index in [1.54, 1.807) is 6.20 Å². The van der Waals surface area contributed by atoms with Crippen LogP contribution in [-0.2, 0) is 0 Å². The highest BCUT2D eigenvalue weighted by Crippen LogP contribution is 2.29. The molecule has 0 spiro atoms. The zero-order valence-electron chi connectivity index (χ0n) is 11.8. The Labute approximate surface area is 126 Å². The number of fused-ring (bicyclic) bond motifs is 4. The predicted molar refractivity (Wildman–Crippen MR) is 87.9 cm³/mol. The van der Waals surface area contributed by atoms with E-state index in [9.17, 15) is 0 Å². The SMILES string of the molecule is OCCNc1cc2nc3ccccc3nc2c2cccnc12. The lowest BCUT2D eigenvalue weighted by Crippen LogP contribution is -2.06. The molecule has 0 amide bonds.